The lowest BCUT2D eigenvalue weighted by Gasteiger charge is -2.22. The van der Waals surface area contributed by atoms with Crippen molar-refractivity contribution in [3.63, 3.8) is 0 Å². The van der Waals surface area contributed by atoms with Crippen LogP contribution in [0.1, 0.15) is 25.7 Å². The van der Waals surface area contributed by atoms with Crippen molar-refractivity contribution in [2.45, 2.75) is 37.6 Å². The molecular weight excluding hydrogens is 164 g/mol. The molecule has 0 aliphatic heterocycles. The van der Waals surface area contributed by atoms with Crippen LogP contribution in [0.25, 0.3) is 0 Å². The van der Waals surface area contributed by atoms with Gasteiger partial charge in [-0.25, -0.2) is 8.78 Å². The van der Waals surface area contributed by atoms with Crippen LogP contribution < -0.4 is 5.73 Å². The maximum Gasteiger partial charge on any atom is 0.261 e. The Bertz CT molecular complexity index is 135. The summed E-state index contributed by atoms with van der Waals surface area (Å²) in [7, 11) is 0. The number of rotatable bonds is 4. The van der Waals surface area contributed by atoms with E-state index in [0.29, 0.717) is 0 Å². The van der Waals surface area contributed by atoms with Crippen molar-refractivity contribution in [1.82, 2.24) is 0 Å². The maximum absolute atomic E-state index is 11.7. The molecule has 4 heteroatoms. The van der Waals surface area contributed by atoms with E-state index < -0.39 is 13.0 Å². The SMILES string of the molecule is NC1(COCC(F)F)CCCC1. The predicted octanol–water partition coefficient (Wildman–Crippen LogP) is 1.54. The van der Waals surface area contributed by atoms with Crippen LogP contribution >= 0.6 is 0 Å². The molecule has 0 heterocycles. The fourth-order valence-electron chi connectivity index (χ4n) is 1.57. The van der Waals surface area contributed by atoms with E-state index in [0.717, 1.165) is 25.7 Å². The molecule has 0 radical (unpaired) electrons. The van der Waals surface area contributed by atoms with Gasteiger partial charge in [-0.1, -0.05) is 12.8 Å². The summed E-state index contributed by atoms with van der Waals surface area (Å²) in [6.45, 7) is -0.212. The molecule has 0 amide bonds. The van der Waals surface area contributed by atoms with Gasteiger partial charge in [0.2, 0.25) is 0 Å². The Kier molecular flexibility index (Phi) is 3.40. The largest absolute Gasteiger partial charge is 0.374 e. The Morgan fingerprint density at radius 3 is 2.42 bits per heavy atom. The Labute approximate surface area is 71.1 Å². The van der Waals surface area contributed by atoms with Gasteiger partial charge in [-0.2, -0.15) is 0 Å². The number of nitrogens with two attached hydrogens (primary N) is 1. The molecule has 1 fully saturated rings. The zero-order valence-electron chi connectivity index (χ0n) is 7.06. The summed E-state index contributed by atoms with van der Waals surface area (Å²) in [5.74, 6) is 0. The minimum absolute atomic E-state index is 0.275. The highest BCUT2D eigenvalue weighted by Gasteiger charge is 2.29. The second kappa shape index (κ2) is 4.14. The van der Waals surface area contributed by atoms with Gasteiger partial charge in [0.25, 0.3) is 6.43 Å². The maximum atomic E-state index is 11.7. The summed E-state index contributed by atoms with van der Waals surface area (Å²) in [5.41, 5.74) is 5.55. The Balaban J connectivity index is 2.13. The summed E-state index contributed by atoms with van der Waals surface area (Å²) in [4.78, 5) is 0. The van der Waals surface area contributed by atoms with Gasteiger partial charge < -0.3 is 10.5 Å². The summed E-state index contributed by atoms with van der Waals surface area (Å²) < 4.78 is 28.1. The van der Waals surface area contributed by atoms with Gasteiger partial charge in [-0.05, 0) is 12.8 Å². The minimum Gasteiger partial charge on any atom is -0.374 e. The first kappa shape index (κ1) is 9.86. The van der Waals surface area contributed by atoms with Crippen LogP contribution in [-0.2, 0) is 4.74 Å². The van der Waals surface area contributed by atoms with Gasteiger partial charge in [0, 0.05) is 5.54 Å². The topological polar surface area (TPSA) is 35.2 Å². The van der Waals surface area contributed by atoms with Gasteiger partial charge in [-0.3, -0.25) is 0 Å². The number of halogens is 2. The van der Waals surface area contributed by atoms with Crippen molar-refractivity contribution < 1.29 is 13.5 Å². The van der Waals surface area contributed by atoms with Crippen LogP contribution in [0.5, 0.6) is 0 Å². The van der Waals surface area contributed by atoms with E-state index in [-0.39, 0.29) is 12.1 Å². The molecule has 0 spiro atoms. The average Bonchev–Trinajstić information content (AvgIpc) is 2.35. The molecule has 0 aromatic rings. The highest BCUT2D eigenvalue weighted by Crippen LogP contribution is 2.27. The third-order valence-electron chi connectivity index (χ3n) is 2.23. The molecule has 1 rings (SSSR count). The quantitative estimate of drug-likeness (QED) is 0.710. The summed E-state index contributed by atoms with van der Waals surface area (Å²) in [6, 6.07) is 0. The molecule has 1 aliphatic carbocycles. The van der Waals surface area contributed by atoms with Gasteiger partial charge in [-0.15, -0.1) is 0 Å². The molecule has 1 aliphatic rings. The average molecular weight is 179 g/mol. The smallest absolute Gasteiger partial charge is 0.261 e. The van der Waals surface area contributed by atoms with Crippen LogP contribution in [0.2, 0.25) is 0 Å². The molecule has 0 bridgehead atoms. The molecule has 72 valence electrons. The van der Waals surface area contributed by atoms with Crippen molar-refractivity contribution in [2.75, 3.05) is 13.2 Å². The standard InChI is InChI=1S/C8H15F2NO/c9-7(10)5-12-6-8(11)3-1-2-4-8/h7H,1-6,11H2. The van der Waals surface area contributed by atoms with Gasteiger partial charge in [0.15, 0.2) is 0 Å². The molecular formula is C8H15F2NO. The second-order valence-corrected chi connectivity index (χ2v) is 3.48. The highest BCUT2D eigenvalue weighted by molar-refractivity contribution is 4.88. The lowest BCUT2D eigenvalue weighted by atomic mass is 10.0. The zero-order valence-corrected chi connectivity index (χ0v) is 7.06. The molecule has 2 nitrogen and oxygen atoms in total. The number of ether oxygens (including phenoxy) is 1. The molecule has 0 unspecified atom stereocenters. The summed E-state index contributed by atoms with van der Waals surface area (Å²) in [6.07, 6.45) is 1.60. The van der Waals surface area contributed by atoms with E-state index in [4.69, 9.17) is 10.5 Å². The molecule has 2 N–H and O–H groups in total. The lowest BCUT2D eigenvalue weighted by Crippen LogP contribution is -2.41. The minimum atomic E-state index is -2.38. The van der Waals surface area contributed by atoms with Crippen LogP contribution in [0.4, 0.5) is 8.78 Å². The molecule has 0 atom stereocenters. The van der Waals surface area contributed by atoms with Gasteiger partial charge in [0.1, 0.15) is 6.61 Å². The first-order chi connectivity index (χ1) is 5.62. The van der Waals surface area contributed by atoms with E-state index in [1.165, 1.54) is 0 Å². The second-order valence-electron chi connectivity index (χ2n) is 3.48. The third-order valence-corrected chi connectivity index (χ3v) is 2.23. The van der Waals surface area contributed by atoms with Gasteiger partial charge in [0.05, 0.1) is 6.61 Å². The number of alkyl halides is 2. The molecule has 0 aromatic carbocycles. The molecule has 12 heavy (non-hydrogen) atoms. The van der Waals surface area contributed by atoms with E-state index in [1.807, 2.05) is 0 Å². The van der Waals surface area contributed by atoms with E-state index in [2.05, 4.69) is 0 Å². The first-order valence-electron chi connectivity index (χ1n) is 4.27. The third kappa shape index (κ3) is 3.03. The summed E-state index contributed by atoms with van der Waals surface area (Å²) >= 11 is 0. The monoisotopic (exact) mass is 179 g/mol. The van der Waals surface area contributed by atoms with E-state index in [1.54, 1.807) is 0 Å². The van der Waals surface area contributed by atoms with Crippen LogP contribution in [0.3, 0.4) is 0 Å². The lowest BCUT2D eigenvalue weighted by molar-refractivity contribution is -0.000758. The van der Waals surface area contributed by atoms with Crippen molar-refractivity contribution in [2.24, 2.45) is 5.73 Å². The normalized spacial score (nSPS) is 22.0. The van der Waals surface area contributed by atoms with Crippen LogP contribution in [0.15, 0.2) is 0 Å². The first-order valence-corrected chi connectivity index (χ1v) is 4.27. The molecule has 0 saturated heterocycles. The number of hydrogen-bond acceptors (Lipinski definition) is 2. The van der Waals surface area contributed by atoms with Gasteiger partial charge >= 0.3 is 0 Å². The van der Waals surface area contributed by atoms with Crippen LogP contribution in [-0.4, -0.2) is 25.2 Å². The van der Waals surface area contributed by atoms with Crippen LogP contribution in [0, 0.1) is 0 Å². The van der Waals surface area contributed by atoms with E-state index >= 15 is 0 Å². The van der Waals surface area contributed by atoms with Crippen molar-refractivity contribution in [1.29, 1.82) is 0 Å². The van der Waals surface area contributed by atoms with Crippen molar-refractivity contribution in [3.8, 4) is 0 Å². The van der Waals surface area contributed by atoms with E-state index in [9.17, 15) is 8.78 Å². The predicted molar refractivity (Wildman–Crippen MR) is 42.2 cm³/mol. The Hall–Kier alpha value is -0.220. The zero-order chi connectivity index (χ0) is 9.03. The Morgan fingerprint density at radius 1 is 1.33 bits per heavy atom. The Morgan fingerprint density at radius 2 is 1.92 bits per heavy atom. The fourth-order valence-corrected chi connectivity index (χ4v) is 1.57. The highest BCUT2D eigenvalue weighted by atomic mass is 19.3. The van der Waals surface area contributed by atoms with Crippen molar-refractivity contribution in [3.05, 3.63) is 0 Å². The number of hydrogen-bond donors (Lipinski definition) is 1. The fraction of sp³-hybridized carbons (Fsp3) is 1.00. The summed E-state index contributed by atoms with van der Waals surface area (Å²) in [5, 5.41) is 0. The van der Waals surface area contributed by atoms with Crippen molar-refractivity contribution >= 4 is 0 Å². The molecule has 0 aromatic heterocycles. The molecule has 1 saturated carbocycles.